The summed E-state index contributed by atoms with van der Waals surface area (Å²) in [5, 5.41) is 3.08. The monoisotopic (exact) mass is 378 g/mol. The quantitative estimate of drug-likeness (QED) is 0.841. The molecule has 1 amide bonds. The Morgan fingerprint density at radius 3 is 2.88 bits per heavy atom. The fourth-order valence-electron chi connectivity index (χ4n) is 5.03. The average Bonchev–Trinajstić information content (AvgIpc) is 3.27. The minimum atomic E-state index is -3.21. The molecule has 142 valence electrons. The van der Waals surface area contributed by atoms with Crippen molar-refractivity contribution < 1.29 is 17.9 Å². The lowest BCUT2D eigenvalue weighted by atomic mass is 9.73. The van der Waals surface area contributed by atoms with Crippen LogP contribution in [0.5, 0.6) is 0 Å². The van der Waals surface area contributed by atoms with E-state index in [1.807, 2.05) is 31.2 Å². The van der Waals surface area contributed by atoms with Gasteiger partial charge in [0.15, 0.2) is 0 Å². The third-order valence-electron chi connectivity index (χ3n) is 6.36. The fraction of sp³-hybridized carbons (Fsp3) is 0.632. The number of benzene rings is 1. The van der Waals surface area contributed by atoms with E-state index >= 15 is 0 Å². The molecule has 3 aliphatic rings. The van der Waals surface area contributed by atoms with Gasteiger partial charge in [-0.2, -0.15) is 4.31 Å². The zero-order valence-corrected chi connectivity index (χ0v) is 16.1. The molecule has 3 saturated heterocycles. The van der Waals surface area contributed by atoms with E-state index in [0.29, 0.717) is 19.6 Å². The second-order valence-electron chi connectivity index (χ2n) is 7.81. The van der Waals surface area contributed by atoms with E-state index in [1.165, 1.54) is 6.26 Å². The molecule has 1 N–H and O–H groups in total. The van der Waals surface area contributed by atoms with Crippen LogP contribution >= 0.6 is 0 Å². The van der Waals surface area contributed by atoms with E-state index in [0.717, 1.165) is 30.4 Å². The van der Waals surface area contributed by atoms with Gasteiger partial charge >= 0.3 is 0 Å². The Balaban J connectivity index is 1.47. The third kappa shape index (κ3) is 2.86. The minimum absolute atomic E-state index is 0.0581. The molecule has 1 aromatic carbocycles. The molecule has 1 spiro atoms. The van der Waals surface area contributed by atoms with Gasteiger partial charge in [0.1, 0.15) is 0 Å². The number of hydrogen-bond donors (Lipinski definition) is 1. The van der Waals surface area contributed by atoms with Crippen molar-refractivity contribution >= 4 is 15.9 Å². The summed E-state index contributed by atoms with van der Waals surface area (Å²) < 4.78 is 31.7. The maximum absolute atomic E-state index is 12.6. The van der Waals surface area contributed by atoms with Crippen LogP contribution < -0.4 is 5.32 Å². The normalized spacial score (nSPS) is 33.4. The van der Waals surface area contributed by atoms with Crippen molar-refractivity contribution in [3.8, 4) is 0 Å². The Hall–Kier alpha value is -1.44. The molecule has 2 bridgehead atoms. The number of ether oxygens (including phenoxy) is 1. The molecule has 4 atom stereocenters. The first-order valence-electron chi connectivity index (χ1n) is 9.33. The Bertz CT molecular complexity index is 825. The van der Waals surface area contributed by atoms with Crippen molar-refractivity contribution in [1.82, 2.24) is 9.62 Å². The molecule has 3 aliphatic heterocycles. The molecule has 1 aromatic rings. The van der Waals surface area contributed by atoms with Crippen molar-refractivity contribution in [2.45, 2.75) is 37.9 Å². The van der Waals surface area contributed by atoms with Crippen molar-refractivity contribution in [3.63, 3.8) is 0 Å². The predicted molar refractivity (Wildman–Crippen MR) is 98.4 cm³/mol. The largest absolute Gasteiger partial charge is 0.370 e. The van der Waals surface area contributed by atoms with Gasteiger partial charge in [-0.1, -0.05) is 25.1 Å². The summed E-state index contributed by atoms with van der Waals surface area (Å²) in [6.45, 7) is 3.53. The van der Waals surface area contributed by atoms with Crippen LogP contribution in [0.3, 0.4) is 0 Å². The first kappa shape index (κ1) is 17.9. The zero-order valence-electron chi connectivity index (χ0n) is 15.3. The maximum Gasteiger partial charge on any atom is 0.251 e. The van der Waals surface area contributed by atoms with Gasteiger partial charge in [-0.25, -0.2) is 8.42 Å². The molecular weight excluding hydrogens is 352 g/mol. The summed E-state index contributed by atoms with van der Waals surface area (Å²) in [7, 11) is -3.21. The number of aryl methyl sites for hydroxylation is 1. The molecule has 3 heterocycles. The highest BCUT2D eigenvalue weighted by Gasteiger charge is 2.63. The first-order valence-corrected chi connectivity index (χ1v) is 11.2. The fourth-order valence-corrected chi connectivity index (χ4v) is 5.91. The molecule has 0 radical (unpaired) electrons. The number of amides is 1. The smallest absolute Gasteiger partial charge is 0.251 e. The topological polar surface area (TPSA) is 75.7 Å². The Labute approximate surface area is 155 Å². The van der Waals surface area contributed by atoms with E-state index in [2.05, 4.69) is 5.32 Å². The van der Waals surface area contributed by atoms with Gasteiger partial charge in [-0.05, 0) is 30.9 Å². The SMILES string of the molecule is CCc1ccccc1C(=O)NC[C@H]1[C@H]2CN(S(C)(=O)=O)C[C@]23CC[C@H]1O3. The predicted octanol–water partition coefficient (Wildman–Crippen LogP) is 1.42. The molecule has 0 aliphatic carbocycles. The highest BCUT2D eigenvalue weighted by molar-refractivity contribution is 7.88. The van der Waals surface area contributed by atoms with Gasteiger partial charge < -0.3 is 10.1 Å². The van der Waals surface area contributed by atoms with Crippen molar-refractivity contribution in [1.29, 1.82) is 0 Å². The molecule has 26 heavy (non-hydrogen) atoms. The Morgan fingerprint density at radius 2 is 2.15 bits per heavy atom. The van der Waals surface area contributed by atoms with Gasteiger partial charge in [-0.15, -0.1) is 0 Å². The van der Waals surface area contributed by atoms with Crippen LogP contribution in [-0.4, -0.2) is 56.2 Å². The summed E-state index contributed by atoms with van der Waals surface area (Å²) in [6, 6.07) is 7.66. The first-order chi connectivity index (χ1) is 12.3. The third-order valence-corrected chi connectivity index (χ3v) is 7.58. The molecule has 3 fully saturated rings. The summed E-state index contributed by atoms with van der Waals surface area (Å²) >= 11 is 0. The Morgan fingerprint density at radius 1 is 1.38 bits per heavy atom. The highest BCUT2D eigenvalue weighted by Crippen LogP contribution is 2.55. The van der Waals surface area contributed by atoms with Crippen LogP contribution in [0.25, 0.3) is 0 Å². The van der Waals surface area contributed by atoms with Crippen molar-refractivity contribution in [2.24, 2.45) is 11.8 Å². The number of rotatable bonds is 5. The lowest BCUT2D eigenvalue weighted by Gasteiger charge is -2.29. The number of nitrogens with zero attached hydrogens (tertiary/aromatic N) is 1. The second-order valence-corrected chi connectivity index (χ2v) is 9.79. The van der Waals surface area contributed by atoms with Crippen LogP contribution in [0, 0.1) is 11.8 Å². The highest BCUT2D eigenvalue weighted by atomic mass is 32.2. The summed E-state index contributed by atoms with van der Waals surface area (Å²) in [5.74, 6) is 0.281. The molecule has 0 unspecified atom stereocenters. The molecule has 6 nitrogen and oxygen atoms in total. The van der Waals surface area contributed by atoms with Crippen LogP contribution in [0.1, 0.15) is 35.7 Å². The molecule has 0 aromatic heterocycles. The molecular formula is C19H26N2O4S. The van der Waals surface area contributed by atoms with E-state index < -0.39 is 10.0 Å². The molecule has 0 saturated carbocycles. The van der Waals surface area contributed by atoms with Gasteiger partial charge in [0.2, 0.25) is 10.0 Å². The molecule has 7 heteroatoms. The van der Waals surface area contributed by atoms with Crippen LogP contribution in [0.15, 0.2) is 24.3 Å². The van der Waals surface area contributed by atoms with E-state index in [9.17, 15) is 13.2 Å². The zero-order chi connectivity index (χ0) is 18.5. The Kier molecular flexibility index (Phi) is 4.36. The van der Waals surface area contributed by atoms with Crippen molar-refractivity contribution in [2.75, 3.05) is 25.9 Å². The number of hydrogen-bond acceptors (Lipinski definition) is 4. The van der Waals surface area contributed by atoms with Crippen LogP contribution in [0.2, 0.25) is 0 Å². The van der Waals surface area contributed by atoms with Crippen molar-refractivity contribution in [3.05, 3.63) is 35.4 Å². The second kappa shape index (κ2) is 6.32. The summed E-state index contributed by atoms with van der Waals surface area (Å²) in [5.41, 5.74) is 1.41. The maximum atomic E-state index is 12.6. The van der Waals surface area contributed by atoms with E-state index in [4.69, 9.17) is 4.74 Å². The van der Waals surface area contributed by atoms with E-state index in [-0.39, 0.29) is 29.4 Å². The van der Waals surface area contributed by atoms with Gasteiger partial charge in [0, 0.05) is 37.0 Å². The summed E-state index contributed by atoms with van der Waals surface area (Å²) in [4.78, 5) is 12.6. The van der Waals surface area contributed by atoms with Gasteiger partial charge in [0.25, 0.3) is 5.91 Å². The van der Waals surface area contributed by atoms with Crippen LogP contribution in [-0.2, 0) is 21.2 Å². The number of fused-ring (bicyclic) bond motifs is 1. The number of carbonyl (C=O) groups excluding carboxylic acids is 1. The minimum Gasteiger partial charge on any atom is -0.370 e. The van der Waals surface area contributed by atoms with Crippen LogP contribution in [0.4, 0.5) is 0 Å². The number of carbonyl (C=O) groups is 1. The number of nitrogens with one attached hydrogen (secondary N) is 1. The lowest BCUT2D eigenvalue weighted by Crippen LogP contribution is -2.42. The lowest BCUT2D eigenvalue weighted by molar-refractivity contribution is 0.00801. The van der Waals surface area contributed by atoms with Gasteiger partial charge in [-0.3, -0.25) is 4.79 Å². The summed E-state index contributed by atoms with van der Waals surface area (Å²) in [6.07, 6.45) is 4.06. The molecule has 4 rings (SSSR count). The average molecular weight is 378 g/mol. The number of sulfonamides is 1. The van der Waals surface area contributed by atoms with E-state index in [1.54, 1.807) is 4.31 Å². The standard InChI is InChI=1S/C19H26N2O4S/c1-3-13-6-4-5-7-14(13)18(22)20-10-15-16-11-21(26(2,23)24)12-19(16)9-8-17(15)25-19/h4-7,15-17H,3,8-12H2,1-2H3,(H,20,22)/t15-,16+,17+,19+/m0/s1. The van der Waals surface area contributed by atoms with Gasteiger partial charge in [0.05, 0.1) is 18.0 Å².